The van der Waals surface area contributed by atoms with Crippen LogP contribution in [0.4, 0.5) is 0 Å². The first-order chi connectivity index (χ1) is 7.25. The third kappa shape index (κ3) is 2.92. The number of aliphatic hydroxyl groups excluding tert-OH is 1. The molecule has 82 valence electrons. The van der Waals surface area contributed by atoms with Gasteiger partial charge in [0.25, 0.3) is 0 Å². The van der Waals surface area contributed by atoms with Crippen LogP contribution in [0.1, 0.15) is 31.2 Å². The van der Waals surface area contributed by atoms with Gasteiger partial charge in [-0.2, -0.15) is 0 Å². The first-order valence-electron chi connectivity index (χ1n) is 5.39. The molecule has 2 rings (SSSR count). The summed E-state index contributed by atoms with van der Waals surface area (Å²) in [6.07, 6.45) is 7.81. The predicted octanol–water partition coefficient (Wildman–Crippen LogP) is 2.18. The van der Waals surface area contributed by atoms with Gasteiger partial charge in [-0.05, 0) is 25.3 Å². The van der Waals surface area contributed by atoms with Gasteiger partial charge < -0.3 is 5.11 Å². The van der Waals surface area contributed by atoms with E-state index in [9.17, 15) is 5.11 Å². The number of rotatable bonds is 2. The first kappa shape index (κ1) is 10.9. The van der Waals surface area contributed by atoms with Crippen LogP contribution < -0.4 is 0 Å². The normalized spacial score (nSPS) is 26.5. The Labute approximate surface area is 94.3 Å². The van der Waals surface area contributed by atoms with Gasteiger partial charge in [0, 0.05) is 17.6 Å². The van der Waals surface area contributed by atoms with Crippen LogP contribution in [0, 0.1) is 6.92 Å². The van der Waals surface area contributed by atoms with Crippen molar-refractivity contribution < 1.29 is 5.11 Å². The summed E-state index contributed by atoms with van der Waals surface area (Å²) in [6, 6.07) is 0. The summed E-state index contributed by atoms with van der Waals surface area (Å²) in [5, 5.41) is 10.9. The van der Waals surface area contributed by atoms with E-state index in [0.29, 0.717) is 0 Å². The molecular weight excluding hydrogens is 208 g/mol. The Morgan fingerprint density at radius 3 is 2.60 bits per heavy atom. The molecule has 0 saturated heterocycles. The van der Waals surface area contributed by atoms with Gasteiger partial charge in [0.2, 0.25) is 0 Å². The largest absolute Gasteiger partial charge is 0.392 e. The van der Waals surface area contributed by atoms with Gasteiger partial charge in [0.1, 0.15) is 0 Å². The predicted molar refractivity (Wildman–Crippen MR) is 60.9 cm³/mol. The lowest BCUT2D eigenvalue weighted by atomic mass is 9.97. The van der Waals surface area contributed by atoms with Crippen molar-refractivity contribution in [3.63, 3.8) is 0 Å². The van der Waals surface area contributed by atoms with Gasteiger partial charge in [-0.15, -0.1) is 0 Å². The monoisotopic (exact) mass is 224 g/mol. The summed E-state index contributed by atoms with van der Waals surface area (Å²) in [4.78, 5) is 8.50. The second kappa shape index (κ2) is 4.94. The van der Waals surface area contributed by atoms with E-state index in [0.717, 1.165) is 30.0 Å². The van der Waals surface area contributed by atoms with Crippen LogP contribution in [0.2, 0.25) is 0 Å². The molecule has 1 heterocycles. The molecule has 0 radical (unpaired) electrons. The molecule has 0 aliphatic heterocycles. The van der Waals surface area contributed by atoms with Crippen molar-refractivity contribution in [1.29, 1.82) is 0 Å². The van der Waals surface area contributed by atoms with E-state index in [1.54, 1.807) is 11.8 Å². The van der Waals surface area contributed by atoms with Crippen LogP contribution in [0.25, 0.3) is 0 Å². The molecule has 1 aromatic rings. The molecule has 1 fully saturated rings. The lowest BCUT2D eigenvalue weighted by Crippen LogP contribution is -2.26. The minimum atomic E-state index is -0.186. The van der Waals surface area contributed by atoms with Crippen LogP contribution in [0.3, 0.4) is 0 Å². The highest BCUT2D eigenvalue weighted by Gasteiger charge is 2.24. The Morgan fingerprint density at radius 2 is 1.93 bits per heavy atom. The molecule has 0 bridgehead atoms. The number of aliphatic hydroxyl groups is 1. The molecule has 1 aliphatic carbocycles. The van der Waals surface area contributed by atoms with E-state index in [4.69, 9.17) is 0 Å². The maximum absolute atomic E-state index is 9.81. The van der Waals surface area contributed by atoms with Gasteiger partial charge in [0.05, 0.1) is 6.10 Å². The van der Waals surface area contributed by atoms with Crippen LogP contribution in [-0.2, 0) is 0 Å². The summed E-state index contributed by atoms with van der Waals surface area (Å²) in [6.45, 7) is 1.98. The van der Waals surface area contributed by atoms with E-state index in [-0.39, 0.29) is 11.4 Å². The molecule has 1 aliphatic rings. The number of aryl methyl sites for hydroxylation is 1. The van der Waals surface area contributed by atoms with Crippen molar-refractivity contribution in [3.05, 3.63) is 18.0 Å². The Kier molecular flexibility index (Phi) is 3.59. The average Bonchev–Trinajstić information content (AvgIpc) is 2.25. The van der Waals surface area contributed by atoms with Gasteiger partial charge in [0.15, 0.2) is 5.16 Å². The smallest absolute Gasteiger partial charge is 0.187 e. The highest BCUT2D eigenvalue weighted by Crippen LogP contribution is 2.31. The summed E-state index contributed by atoms with van der Waals surface area (Å²) in [5.74, 6) is 0. The number of nitrogens with zero attached hydrogens (tertiary/aromatic N) is 2. The number of aromatic nitrogens is 2. The van der Waals surface area contributed by atoms with Crippen LogP contribution in [-0.4, -0.2) is 26.4 Å². The van der Waals surface area contributed by atoms with Crippen molar-refractivity contribution in [3.8, 4) is 0 Å². The zero-order valence-corrected chi connectivity index (χ0v) is 9.70. The highest BCUT2D eigenvalue weighted by molar-refractivity contribution is 7.99. The van der Waals surface area contributed by atoms with Gasteiger partial charge in [-0.1, -0.05) is 24.6 Å². The molecule has 2 atom stereocenters. The van der Waals surface area contributed by atoms with E-state index in [1.807, 2.05) is 19.3 Å². The fourth-order valence-corrected chi connectivity index (χ4v) is 2.87. The fourth-order valence-electron chi connectivity index (χ4n) is 1.79. The molecule has 0 amide bonds. The van der Waals surface area contributed by atoms with Crippen LogP contribution in [0.15, 0.2) is 17.6 Å². The lowest BCUT2D eigenvalue weighted by Gasteiger charge is -2.26. The van der Waals surface area contributed by atoms with Gasteiger partial charge in [-0.25, -0.2) is 9.97 Å². The highest BCUT2D eigenvalue weighted by atomic mass is 32.2. The SMILES string of the molecule is Cc1cnc(S[C@@H]2CCCC[C@H]2O)nc1. The first-order valence-corrected chi connectivity index (χ1v) is 6.27. The Balaban J connectivity index is 1.98. The molecule has 1 saturated carbocycles. The van der Waals surface area contributed by atoms with Crippen molar-refractivity contribution in [2.24, 2.45) is 0 Å². The molecule has 0 aromatic carbocycles. The number of thioether (sulfide) groups is 1. The fraction of sp³-hybridized carbons (Fsp3) is 0.636. The standard InChI is InChI=1S/C11H16N2OS/c1-8-6-12-11(13-7-8)15-10-5-3-2-4-9(10)14/h6-7,9-10,14H,2-5H2,1H3/t9-,10-/m1/s1. The topological polar surface area (TPSA) is 46.0 Å². The maximum atomic E-state index is 9.81. The molecule has 0 spiro atoms. The number of hydrogen-bond acceptors (Lipinski definition) is 4. The van der Waals surface area contributed by atoms with Crippen LogP contribution in [0.5, 0.6) is 0 Å². The van der Waals surface area contributed by atoms with Crippen molar-refractivity contribution >= 4 is 11.8 Å². The Bertz CT molecular complexity index is 315. The summed E-state index contributed by atoms with van der Waals surface area (Å²) in [7, 11) is 0. The summed E-state index contributed by atoms with van der Waals surface area (Å²) < 4.78 is 0. The van der Waals surface area contributed by atoms with Gasteiger partial charge in [-0.3, -0.25) is 0 Å². The third-order valence-corrected chi connectivity index (χ3v) is 3.96. The minimum absolute atomic E-state index is 0.186. The third-order valence-electron chi connectivity index (χ3n) is 2.68. The molecule has 0 unspecified atom stereocenters. The quantitative estimate of drug-likeness (QED) is 0.782. The number of hydrogen-bond donors (Lipinski definition) is 1. The van der Waals surface area contributed by atoms with Gasteiger partial charge >= 0.3 is 0 Å². The zero-order chi connectivity index (χ0) is 10.7. The molecule has 15 heavy (non-hydrogen) atoms. The summed E-state index contributed by atoms with van der Waals surface area (Å²) >= 11 is 1.61. The van der Waals surface area contributed by atoms with E-state index >= 15 is 0 Å². The molecular formula is C11H16N2OS. The molecule has 1 aromatic heterocycles. The maximum Gasteiger partial charge on any atom is 0.187 e. The van der Waals surface area contributed by atoms with Crippen molar-refractivity contribution in [2.45, 2.75) is 49.1 Å². The average molecular weight is 224 g/mol. The molecule has 1 N–H and O–H groups in total. The van der Waals surface area contributed by atoms with Crippen molar-refractivity contribution in [2.75, 3.05) is 0 Å². The minimum Gasteiger partial charge on any atom is -0.392 e. The second-order valence-electron chi connectivity index (χ2n) is 4.05. The van der Waals surface area contributed by atoms with E-state index < -0.39 is 0 Å². The van der Waals surface area contributed by atoms with Crippen LogP contribution >= 0.6 is 11.8 Å². The molecule has 3 nitrogen and oxygen atoms in total. The lowest BCUT2D eigenvalue weighted by molar-refractivity contribution is 0.137. The van der Waals surface area contributed by atoms with E-state index in [2.05, 4.69) is 9.97 Å². The Hall–Kier alpha value is -0.610. The summed E-state index contributed by atoms with van der Waals surface area (Å²) in [5.41, 5.74) is 1.07. The van der Waals surface area contributed by atoms with Crippen molar-refractivity contribution in [1.82, 2.24) is 9.97 Å². The zero-order valence-electron chi connectivity index (χ0n) is 8.89. The molecule has 4 heteroatoms. The second-order valence-corrected chi connectivity index (χ2v) is 5.26. The Morgan fingerprint density at radius 1 is 1.27 bits per heavy atom. The van der Waals surface area contributed by atoms with E-state index in [1.165, 1.54) is 6.42 Å².